The van der Waals surface area contributed by atoms with Crippen LogP contribution in [0.15, 0.2) is 36.4 Å². The lowest BCUT2D eigenvalue weighted by Gasteiger charge is -2.07. The highest BCUT2D eigenvalue weighted by atomic mass is 19.2. The van der Waals surface area contributed by atoms with Crippen LogP contribution in [0.4, 0.5) is 18.9 Å². The van der Waals surface area contributed by atoms with Crippen molar-refractivity contribution in [1.29, 1.82) is 0 Å². The van der Waals surface area contributed by atoms with Crippen molar-refractivity contribution in [2.45, 2.75) is 13.3 Å². The van der Waals surface area contributed by atoms with Crippen LogP contribution in [0.25, 0.3) is 0 Å². The maximum Gasteiger partial charge on any atom is 0.228 e. The molecule has 1 amide bonds. The molecule has 0 unspecified atom stereocenters. The molecule has 0 radical (unpaired) electrons. The van der Waals surface area contributed by atoms with Crippen LogP contribution in [0.2, 0.25) is 0 Å². The molecule has 104 valence electrons. The molecule has 0 fully saturated rings. The van der Waals surface area contributed by atoms with Gasteiger partial charge in [0.25, 0.3) is 0 Å². The summed E-state index contributed by atoms with van der Waals surface area (Å²) in [6, 6.07) is 8.93. The number of rotatable bonds is 3. The van der Waals surface area contributed by atoms with Gasteiger partial charge < -0.3 is 5.32 Å². The average Bonchev–Trinajstić information content (AvgIpc) is 2.39. The summed E-state index contributed by atoms with van der Waals surface area (Å²) in [5.74, 6) is -4.67. The number of carbonyl (C=O) groups is 1. The highest BCUT2D eigenvalue weighted by Gasteiger charge is 2.15. The van der Waals surface area contributed by atoms with Crippen molar-refractivity contribution >= 4 is 11.6 Å². The molecule has 0 bridgehead atoms. The predicted octanol–water partition coefficient (Wildman–Crippen LogP) is 3.59. The summed E-state index contributed by atoms with van der Waals surface area (Å²) in [6.07, 6.45) is -0.364. The van der Waals surface area contributed by atoms with Gasteiger partial charge in [0.2, 0.25) is 5.91 Å². The maximum absolute atomic E-state index is 13.4. The van der Waals surface area contributed by atoms with Gasteiger partial charge in [0.15, 0.2) is 17.5 Å². The smallest absolute Gasteiger partial charge is 0.228 e. The molecular formula is C15H12F3NO. The standard InChI is InChI=1S/C15H12F3NO/c1-9-3-2-4-11(7-9)19-13(20)8-10-5-6-12(16)15(18)14(10)17/h2-7H,8H2,1H3,(H,19,20). The van der Waals surface area contributed by atoms with Gasteiger partial charge >= 0.3 is 0 Å². The summed E-state index contributed by atoms with van der Waals surface area (Å²) < 4.78 is 39.2. The third kappa shape index (κ3) is 3.17. The Kier molecular flexibility index (Phi) is 4.08. The van der Waals surface area contributed by atoms with E-state index in [0.717, 1.165) is 17.7 Å². The van der Waals surface area contributed by atoms with E-state index in [2.05, 4.69) is 5.32 Å². The van der Waals surface area contributed by atoms with Crippen molar-refractivity contribution in [2.75, 3.05) is 5.32 Å². The van der Waals surface area contributed by atoms with Crippen molar-refractivity contribution < 1.29 is 18.0 Å². The molecule has 2 rings (SSSR count). The number of benzene rings is 2. The molecule has 5 heteroatoms. The second-order valence-corrected chi connectivity index (χ2v) is 4.43. The van der Waals surface area contributed by atoms with Crippen LogP contribution in [0.5, 0.6) is 0 Å². The molecule has 0 heterocycles. The molecule has 2 aromatic rings. The lowest BCUT2D eigenvalue weighted by Crippen LogP contribution is -2.15. The Bertz CT molecular complexity index is 656. The van der Waals surface area contributed by atoms with Crippen molar-refractivity contribution in [1.82, 2.24) is 0 Å². The lowest BCUT2D eigenvalue weighted by atomic mass is 10.1. The Morgan fingerprint density at radius 3 is 2.55 bits per heavy atom. The topological polar surface area (TPSA) is 29.1 Å². The first-order valence-electron chi connectivity index (χ1n) is 5.96. The van der Waals surface area contributed by atoms with Gasteiger partial charge in [0.1, 0.15) is 0 Å². The van der Waals surface area contributed by atoms with E-state index < -0.39 is 23.4 Å². The molecule has 0 spiro atoms. The van der Waals surface area contributed by atoms with E-state index in [1.54, 1.807) is 18.2 Å². The predicted molar refractivity (Wildman–Crippen MR) is 69.8 cm³/mol. The van der Waals surface area contributed by atoms with E-state index in [0.29, 0.717) is 5.69 Å². The Hall–Kier alpha value is -2.30. The summed E-state index contributed by atoms with van der Waals surface area (Å²) in [6.45, 7) is 1.87. The van der Waals surface area contributed by atoms with Crippen LogP contribution in [0.3, 0.4) is 0 Å². The van der Waals surface area contributed by atoms with E-state index >= 15 is 0 Å². The molecule has 0 aliphatic heterocycles. The van der Waals surface area contributed by atoms with E-state index in [4.69, 9.17) is 0 Å². The second-order valence-electron chi connectivity index (χ2n) is 4.43. The SMILES string of the molecule is Cc1cccc(NC(=O)Cc2ccc(F)c(F)c2F)c1. The normalized spacial score (nSPS) is 10.4. The number of aryl methyl sites for hydroxylation is 1. The molecule has 0 saturated heterocycles. The highest BCUT2D eigenvalue weighted by molar-refractivity contribution is 5.92. The molecule has 0 aromatic heterocycles. The summed E-state index contributed by atoms with van der Waals surface area (Å²) in [4.78, 5) is 11.7. The molecule has 1 N–H and O–H groups in total. The van der Waals surface area contributed by atoms with Gasteiger partial charge in [-0.05, 0) is 30.7 Å². The largest absolute Gasteiger partial charge is 0.326 e. The minimum absolute atomic E-state index is 0.186. The van der Waals surface area contributed by atoms with Gasteiger partial charge in [-0.15, -0.1) is 0 Å². The van der Waals surface area contributed by atoms with E-state index in [-0.39, 0.29) is 12.0 Å². The second kappa shape index (κ2) is 5.77. The minimum atomic E-state index is -1.56. The first-order chi connectivity index (χ1) is 9.47. The number of hydrogen-bond donors (Lipinski definition) is 1. The minimum Gasteiger partial charge on any atom is -0.326 e. The molecule has 2 nitrogen and oxygen atoms in total. The third-order valence-electron chi connectivity index (χ3n) is 2.77. The van der Waals surface area contributed by atoms with Gasteiger partial charge in [-0.25, -0.2) is 13.2 Å². The third-order valence-corrected chi connectivity index (χ3v) is 2.77. The Labute approximate surface area is 114 Å². The molecular weight excluding hydrogens is 267 g/mol. The summed E-state index contributed by atoms with van der Waals surface area (Å²) in [7, 11) is 0. The van der Waals surface area contributed by atoms with Crippen LogP contribution in [-0.2, 0) is 11.2 Å². The van der Waals surface area contributed by atoms with Crippen molar-refractivity contribution in [3.63, 3.8) is 0 Å². The van der Waals surface area contributed by atoms with Gasteiger partial charge in [-0.3, -0.25) is 4.79 Å². The van der Waals surface area contributed by atoms with Crippen LogP contribution < -0.4 is 5.32 Å². The fourth-order valence-electron chi connectivity index (χ4n) is 1.80. The van der Waals surface area contributed by atoms with Gasteiger partial charge in [0, 0.05) is 11.3 Å². The number of carbonyl (C=O) groups excluding carboxylic acids is 1. The van der Waals surface area contributed by atoms with Gasteiger partial charge in [-0.2, -0.15) is 0 Å². The van der Waals surface area contributed by atoms with Crippen LogP contribution in [0.1, 0.15) is 11.1 Å². The van der Waals surface area contributed by atoms with E-state index in [1.165, 1.54) is 0 Å². The molecule has 0 atom stereocenters. The van der Waals surface area contributed by atoms with Crippen molar-refractivity contribution in [3.8, 4) is 0 Å². The van der Waals surface area contributed by atoms with E-state index in [9.17, 15) is 18.0 Å². The van der Waals surface area contributed by atoms with E-state index in [1.807, 2.05) is 13.0 Å². The summed E-state index contributed by atoms with van der Waals surface area (Å²) in [5, 5.41) is 2.57. The molecule has 0 aliphatic rings. The van der Waals surface area contributed by atoms with Crippen LogP contribution >= 0.6 is 0 Å². The first kappa shape index (κ1) is 14.1. The zero-order valence-electron chi connectivity index (χ0n) is 10.7. The first-order valence-corrected chi connectivity index (χ1v) is 5.96. The van der Waals surface area contributed by atoms with Crippen molar-refractivity contribution in [3.05, 3.63) is 65.0 Å². The Morgan fingerprint density at radius 2 is 1.85 bits per heavy atom. The zero-order valence-corrected chi connectivity index (χ0v) is 10.7. The number of anilines is 1. The number of hydrogen-bond acceptors (Lipinski definition) is 1. The fraction of sp³-hybridized carbons (Fsp3) is 0.133. The summed E-state index contributed by atoms with van der Waals surface area (Å²) in [5.41, 5.74) is 1.34. The Balaban J connectivity index is 2.11. The molecule has 2 aromatic carbocycles. The number of amides is 1. The molecule has 20 heavy (non-hydrogen) atoms. The highest BCUT2D eigenvalue weighted by Crippen LogP contribution is 2.16. The molecule has 0 saturated carbocycles. The lowest BCUT2D eigenvalue weighted by molar-refractivity contribution is -0.115. The summed E-state index contributed by atoms with van der Waals surface area (Å²) >= 11 is 0. The maximum atomic E-state index is 13.4. The van der Waals surface area contributed by atoms with Crippen LogP contribution in [0, 0.1) is 24.4 Å². The van der Waals surface area contributed by atoms with Gasteiger partial charge in [-0.1, -0.05) is 18.2 Å². The monoisotopic (exact) mass is 279 g/mol. The fourth-order valence-corrected chi connectivity index (χ4v) is 1.80. The molecule has 0 aliphatic carbocycles. The number of nitrogens with one attached hydrogen (secondary N) is 1. The average molecular weight is 279 g/mol. The quantitative estimate of drug-likeness (QED) is 0.855. The van der Waals surface area contributed by atoms with Gasteiger partial charge in [0.05, 0.1) is 6.42 Å². The van der Waals surface area contributed by atoms with Crippen LogP contribution in [-0.4, -0.2) is 5.91 Å². The zero-order chi connectivity index (χ0) is 14.7. The Morgan fingerprint density at radius 1 is 1.10 bits per heavy atom. The van der Waals surface area contributed by atoms with Crippen molar-refractivity contribution in [2.24, 2.45) is 0 Å². The number of halogens is 3.